The van der Waals surface area contributed by atoms with E-state index in [1.165, 1.54) is 31.4 Å². The molecule has 2 aliphatic rings. The van der Waals surface area contributed by atoms with E-state index in [-0.39, 0.29) is 52.8 Å². The summed E-state index contributed by atoms with van der Waals surface area (Å²) in [6.07, 6.45) is 5.59. The van der Waals surface area contributed by atoms with Gasteiger partial charge in [0.1, 0.15) is 11.6 Å². The van der Waals surface area contributed by atoms with Crippen molar-refractivity contribution < 1.29 is 27.2 Å². The highest BCUT2D eigenvalue weighted by Crippen LogP contribution is 2.45. The van der Waals surface area contributed by atoms with Crippen LogP contribution in [0.2, 0.25) is 0 Å². The van der Waals surface area contributed by atoms with Crippen molar-refractivity contribution in [3.8, 4) is 0 Å². The van der Waals surface area contributed by atoms with Crippen molar-refractivity contribution in [1.82, 2.24) is 10.5 Å². The van der Waals surface area contributed by atoms with Gasteiger partial charge in [0.2, 0.25) is 15.9 Å². The lowest BCUT2D eigenvalue weighted by Gasteiger charge is -2.23. The van der Waals surface area contributed by atoms with Gasteiger partial charge in [0.25, 0.3) is 5.91 Å². The lowest BCUT2D eigenvalue weighted by atomic mass is 10.1. The molecule has 1 aromatic heterocycles. The number of carbonyl (C=O) groups excluding carboxylic acids is 2. The topological polar surface area (TPSA) is 130 Å². The van der Waals surface area contributed by atoms with Gasteiger partial charge in [-0.15, -0.1) is 0 Å². The molecule has 2 fully saturated rings. The molecular weight excluding hydrogens is 477 g/mol. The number of carbonyl (C=O) groups is 2. The lowest BCUT2D eigenvalue weighted by Crippen LogP contribution is -2.27. The minimum atomic E-state index is -3.67. The number of benzene rings is 1. The summed E-state index contributed by atoms with van der Waals surface area (Å²) in [6.45, 7) is 1.93. The molecule has 2 saturated carbocycles. The van der Waals surface area contributed by atoms with Crippen molar-refractivity contribution in [2.24, 2.45) is 5.92 Å². The fraction of sp³-hybridized carbons (Fsp3) is 0.435. The van der Waals surface area contributed by atoms with Gasteiger partial charge in [-0.05, 0) is 56.2 Å². The number of halogens is 1. The third-order valence-corrected chi connectivity index (χ3v) is 7.09. The van der Waals surface area contributed by atoms with Crippen LogP contribution in [0, 0.1) is 11.7 Å². The first-order chi connectivity index (χ1) is 16.6. The van der Waals surface area contributed by atoms with Crippen molar-refractivity contribution in [3.63, 3.8) is 0 Å². The molecule has 0 saturated heterocycles. The first-order valence-corrected chi connectivity index (χ1v) is 13.2. The largest absolute Gasteiger partial charge is 0.353 e. The van der Waals surface area contributed by atoms with Gasteiger partial charge in [0.05, 0.1) is 35.5 Å². The Hall–Kier alpha value is -3.25. The first-order valence-electron chi connectivity index (χ1n) is 11.4. The molecule has 2 aliphatic carbocycles. The third-order valence-electron chi connectivity index (χ3n) is 5.90. The first kappa shape index (κ1) is 24.9. The molecule has 0 radical (unpaired) electrons. The van der Waals surface area contributed by atoms with Crippen LogP contribution >= 0.6 is 0 Å². The zero-order valence-corrected chi connectivity index (χ0v) is 20.5. The standard InChI is InChI=1S/C23H28FN5O5S/c1-4-34-28-23(31)16-12-25-21(27-22(30)14-7-8-14)11-18(16)26-19-10-17(24)15(13-5-6-13)9-20(19)29(2)35(3,32)33/h9-14H,4-8H2,1-3H3,(H,28,31)(H2,25,26,27,30). The molecule has 1 heterocycles. The molecule has 35 heavy (non-hydrogen) atoms. The summed E-state index contributed by atoms with van der Waals surface area (Å²) in [7, 11) is -2.29. The Kier molecular flexibility index (Phi) is 6.95. The number of hydrogen-bond acceptors (Lipinski definition) is 7. The van der Waals surface area contributed by atoms with Gasteiger partial charge in [0, 0.05) is 25.2 Å². The van der Waals surface area contributed by atoms with Gasteiger partial charge >= 0.3 is 0 Å². The molecule has 0 spiro atoms. The van der Waals surface area contributed by atoms with Gasteiger partial charge < -0.3 is 10.6 Å². The van der Waals surface area contributed by atoms with E-state index in [1.54, 1.807) is 6.92 Å². The monoisotopic (exact) mass is 505 g/mol. The smallest absolute Gasteiger partial charge is 0.278 e. The summed E-state index contributed by atoms with van der Waals surface area (Å²) < 4.78 is 40.7. The van der Waals surface area contributed by atoms with Crippen molar-refractivity contribution in [2.75, 3.05) is 34.8 Å². The highest BCUT2D eigenvalue weighted by Gasteiger charge is 2.31. The highest BCUT2D eigenvalue weighted by molar-refractivity contribution is 7.92. The van der Waals surface area contributed by atoms with Gasteiger partial charge in [-0.2, -0.15) is 0 Å². The predicted octanol–water partition coefficient (Wildman–Crippen LogP) is 3.27. The molecule has 0 atom stereocenters. The number of nitrogens with zero attached hydrogens (tertiary/aromatic N) is 2. The lowest BCUT2D eigenvalue weighted by molar-refractivity contribution is -0.117. The number of hydroxylamine groups is 1. The average Bonchev–Trinajstić information content (AvgIpc) is 3.69. The SMILES string of the molecule is CCONC(=O)c1cnc(NC(=O)C2CC2)cc1Nc1cc(F)c(C2CC2)cc1N(C)S(C)(=O)=O. The fourth-order valence-corrected chi connectivity index (χ4v) is 4.05. The van der Waals surface area contributed by atoms with Crippen LogP contribution in [0.3, 0.4) is 0 Å². The summed E-state index contributed by atoms with van der Waals surface area (Å²) >= 11 is 0. The third kappa shape index (κ3) is 5.88. The van der Waals surface area contributed by atoms with Gasteiger partial charge in [-0.1, -0.05) is 0 Å². The molecule has 0 bridgehead atoms. The summed E-state index contributed by atoms with van der Waals surface area (Å²) in [5.74, 6) is -1.08. The molecule has 2 aromatic rings. The molecule has 4 rings (SSSR count). The second-order valence-electron chi connectivity index (χ2n) is 8.76. The van der Waals surface area contributed by atoms with Crippen LogP contribution in [-0.2, 0) is 19.7 Å². The summed E-state index contributed by atoms with van der Waals surface area (Å²) in [6, 6.07) is 4.18. The van der Waals surface area contributed by atoms with E-state index in [9.17, 15) is 22.4 Å². The van der Waals surface area contributed by atoms with Crippen LogP contribution in [0.4, 0.5) is 27.3 Å². The van der Waals surface area contributed by atoms with E-state index in [4.69, 9.17) is 4.84 Å². The van der Waals surface area contributed by atoms with E-state index in [0.29, 0.717) is 5.56 Å². The second kappa shape index (κ2) is 9.78. The number of amides is 2. The van der Waals surface area contributed by atoms with Crippen LogP contribution in [0.25, 0.3) is 0 Å². The Balaban J connectivity index is 1.75. The van der Waals surface area contributed by atoms with Crippen molar-refractivity contribution >= 4 is 44.7 Å². The summed E-state index contributed by atoms with van der Waals surface area (Å²) in [4.78, 5) is 34.0. The zero-order chi connectivity index (χ0) is 25.3. The van der Waals surface area contributed by atoms with Crippen LogP contribution < -0.4 is 20.4 Å². The van der Waals surface area contributed by atoms with Gasteiger partial charge in [0.15, 0.2) is 0 Å². The van der Waals surface area contributed by atoms with Crippen LogP contribution in [-0.4, -0.2) is 45.1 Å². The quantitative estimate of drug-likeness (QED) is 0.423. The minimum absolute atomic E-state index is 0.0495. The number of anilines is 4. The summed E-state index contributed by atoms with van der Waals surface area (Å²) in [5.41, 5.74) is 3.34. The number of nitrogens with one attached hydrogen (secondary N) is 3. The molecule has 10 nitrogen and oxygen atoms in total. The van der Waals surface area contributed by atoms with E-state index >= 15 is 0 Å². The second-order valence-corrected chi connectivity index (χ2v) is 10.8. The molecule has 1 aromatic carbocycles. The number of sulfonamides is 1. The normalized spacial score (nSPS) is 15.4. The summed E-state index contributed by atoms with van der Waals surface area (Å²) in [5, 5.41) is 5.69. The number of hydrogen-bond donors (Lipinski definition) is 3. The molecule has 3 N–H and O–H groups in total. The van der Waals surface area contributed by atoms with E-state index in [0.717, 1.165) is 36.2 Å². The number of aromatic nitrogens is 1. The molecule has 0 aliphatic heterocycles. The maximum atomic E-state index is 15.0. The Morgan fingerprint density at radius 1 is 1.17 bits per heavy atom. The molecular formula is C23H28FN5O5S. The van der Waals surface area contributed by atoms with E-state index < -0.39 is 21.7 Å². The predicted molar refractivity (Wildman–Crippen MR) is 130 cm³/mol. The Morgan fingerprint density at radius 2 is 1.89 bits per heavy atom. The molecule has 12 heteroatoms. The maximum absolute atomic E-state index is 15.0. The van der Waals surface area contributed by atoms with E-state index in [2.05, 4.69) is 21.1 Å². The Labute approximate surface area is 203 Å². The number of rotatable bonds is 10. The fourth-order valence-electron chi connectivity index (χ4n) is 3.54. The highest BCUT2D eigenvalue weighted by atomic mass is 32.2. The van der Waals surface area contributed by atoms with Crippen molar-refractivity contribution in [1.29, 1.82) is 0 Å². The van der Waals surface area contributed by atoms with Crippen molar-refractivity contribution in [2.45, 2.75) is 38.5 Å². The van der Waals surface area contributed by atoms with Crippen LogP contribution in [0.15, 0.2) is 24.4 Å². The van der Waals surface area contributed by atoms with Crippen LogP contribution in [0.1, 0.15) is 54.4 Å². The zero-order valence-electron chi connectivity index (χ0n) is 19.7. The Morgan fingerprint density at radius 3 is 2.49 bits per heavy atom. The number of pyridine rings is 1. The Bertz CT molecular complexity index is 1260. The molecule has 2 amide bonds. The van der Waals surface area contributed by atoms with Crippen LogP contribution in [0.5, 0.6) is 0 Å². The minimum Gasteiger partial charge on any atom is -0.353 e. The molecule has 0 unspecified atom stereocenters. The van der Waals surface area contributed by atoms with Gasteiger partial charge in [-0.25, -0.2) is 23.3 Å². The van der Waals surface area contributed by atoms with Gasteiger partial charge in [-0.3, -0.25) is 18.7 Å². The van der Waals surface area contributed by atoms with E-state index in [1.807, 2.05) is 0 Å². The molecule has 188 valence electrons. The maximum Gasteiger partial charge on any atom is 0.278 e. The average molecular weight is 506 g/mol. The van der Waals surface area contributed by atoms with Crippen molar-refractivity contribution in [3.05, 3.63) is 41.3 Å².